The average Bonchev–Trinajstić information content (AvgIpc) is 2.39. The van der Waals surface area contributed by atoms with E-state index >= 15 is 0 Å². The second-order valence-electron chi connectivity index (χ2n) is 7.62. The van der Waals surface area contributed by atoms with Crippen LogP contribution in [0.2, 0.25) is 5.02 Å². The van der Waals surface area contributed by atoms with Crippen molar-refractivity contribution in [2.24, 2.45) is 17.3 Å². The van der Waals surface area contributed by atoms with Gasteiger partial charge in [0.25, 0.3) is 0 Å². The molecule has 1 aromatic rings. The fourth-order valence-electron chi connectivity index (χ4n) is 4.34. The normalized spacial score (nSPS) is 22.0. The minimum Gasteiger partial charge on any atom is -0.316 e. The summed E-state index contributed by atoms with van der Waals surface area (Å²) < 4.78 is 0. The highest BCUT2D eigenvalue weighted by Crippen LogP contribution is 2.49. The Morgan fingerprint density at radius 2 is 1.67 bits per heavy atom. The van der Waals surface area contributed by atoms with E-state index in [2.05, 4.69) is 45.1 Å². The molecule has 1 nitrogen and oxygen atoms in total. The molecular weight excluding hydrogens is 278 g/mol. The summed E-state index contributed by atoms with van der Waals surface area (Å²) in [4.78, 5) is 0. The predicted octanol–water partition coefficient (Wildman–Crippen LogP) is 5.50. The van der Waals surface area contributed by atoms with Crippen LogP contribution < -0.4 is 5.32 Å². The van der Waals surface area contributed by atoms with E-state index in [0.29, 0.717) is 11.3 Å². The molecule has 0 aromatic heterocycles. The van der Waals surface area contributed by atoms with Gasteiger partial charge in [-0.1, -0.05) is 51.4 Å². The molecule has 0 radical (unpaired) electrons. The zero-order chi connectivity index (χ0) is 15.5. The molecule has 1 aliphatic heterocycles. The van der Waals surface area contributed by atoms with Gasteiger partial charge in [-0.25, -0.2) is 0 Å². The van der Waals surface area contributed by atoms with Gasteiger partial charge >= 0.3 is 0 Å². The zero-order valence-electron chi connectivity index (χ0n) is 14.0. The summed E-state index contributed by atoms with van der Waals surface area (Å²) in [6.45, 7) is 11.7. The summed E-state index contributed by atoms with van der Waals surface area (Å²) in [5.74, 6) is 2.10. The molecule has 0 aliphatic carbocycles. The van der Waals surface area contributed by atoms with Gasteiger partial charge in [-0.15, -0.1) is 0 Å². The predicted molar refractivity (Wildman–Crippen MR) is 93.0 cm³/mol. The molecule has 21 heavy (non-hydrogen) atoms. The third-order valence-electron chi connectivity index (χ3n) is 4.79. The molecule has 1 atom stereocenters. The van der Waals surface area contributed by atoms with Gasteiger partial charge in [-0.3, -0.25) is 0 Å². The third-order valence-corrected chi connectivity index (χ3v) is 5.04. The van der Waals surface area contributed by atoms with Gasteiger partial charge in [0.05, 0.1) is 0 Å². The van der Waals surface area contributed by atoms with Crippen molar-refractivity contribution in [1.82, 2.24) is 5.32 Å². The number of rotatable bonds is 5. The highest BCUT2D eigenvalue weighted by atomic mass is 35.5. The molecule has 0 spiro atoms. The number of hydrogen-bond acceptors (Lipinski definition) is 1. The largest absolute Gasteiger partial charge is 0.316 e. The van der Waals surface area contributed by atoms with Crippen LogP contribution in [-0.4, -0.2) is 13.1 Å². The van der Waals surface area contributed by atoms with Gasteiger partial charge in [-0.05, 0) is 60.8 Å². The van der Waals surface area contributed by atoms with Crippen LogP contribution in [0, 0.1) is 17.3 Å². The molecule has 1 fully saturated rings. The van der Waals surface area contributed by atoms with Gasteiger partial charge in [0.1, 0.15) is 0 Å². The Labute approximate surface area is 135 Å². The molecular formula is C19H30ClN. The maximum absolute atomic E-state index is 6.07. The summed E-state index contributed by atoms with van der Waals surface area (Å²) in [5, 5.41) is 4.45. The molecule has 0 bridgehead atoms. The summed E-state index contributed by atoms with van der Waals surface area (Å²) in [6.07, 6.45) is 3.93. The first-order chi connectivity index (χ1) is 9.93. The summed E-state index contributed by atoms with van der Waals surface area (Å²) in [7, 11) is 0. The summed E-state index contributed by atoms with van der Waals surface area (Å²) in [6, 6.07) is 8.55. The van der Waals surface area contributed by atoms with Gasteiger partial charge in [0.15, 0.2) is 0 Å². The first-order valence-electron chi connectivity index (χ1n) is 8.39. The highest BCUT2D eigenvalue weighted by molar-refractivity contribution is 6.30. The number of benzene rings is 1. The van der Waals surface area contributed by atoms with E-state index in [9.17, 15) is 0 Å². The van der Waals surface area contributed by atoms with Crippen molar-refractivity contribution >= 4 is 11.6 Å². The second kappa shape index (κ2) is 7.15. The van der Waals surface area contributed by atoms with Crippen molar-refractivity contribution in [2.45, 2.75) is 52.9 Å². The van der Waals surface area contributed by atoms with E-state index in [1.807, 2.05) is 12.1 Å². The van der Waals surface area contributed by atoms with Crippen LogP contribution in [0.15, 0.2) is 24.3 Å². The lowest BCUT2D eigenvalue weighted by molar-refractivity contribution is 0.0971. The van der Waals surface area contributed by atoms with Gasteiger partial charge in [0, 0.05) is 17.5 Å². The maximum atomic E-state index is 6.07. The first-order valence-corrected chi connectivity index (χ1v) is 8.77. The monoisotopic (exact) mass is 307 g/mol. The Balaban J connectivity index is 2.34. The van der Waals surface area contributed by atoms with Crippen LogP contribution in [0.1, 0.15) is 58.4 Å². The fraction of sp³-hybridized carbons (Fsp3) is 0.684. The SMILES string of the molecule is CC(C)CC1(CC(C)C)CCNCC1c1ccc(Cl)cc1. The lowest BCUT2D eigenvalue weighted by Gasteiger charge is -2.47. The van der Waals surface area contributed by atoms with Crippen molar-refractivity contribution in [3.05, 3.63) is 34.9 Å². The standard InChI is InChI=1S/C19H30ClN/c1-14(2)11-19(12-15(3)4)9-10-21-13-18(19)16-5-7-17(20)8-6-16/h5-8,14-15,18,21H,9-13H2,1-4H3. The number of nitrogens with one attached hydrogen (secondary N) is 1. The van der Waals surface area contributed by atoms with Crippen LogP contribution in [-0.2, 0) is 0 Å². The molecule has 2 rings (SSSR count). The van der Waals surface area contributed by atoms with E-state index in [1.165, 1.54) is 24.8 Å². The quantitative estimate of drug-likeness (QED) is 0.758. The number of piperidine rings is 1. The smallest absolute Gasteiger partial charge is 0.0406 e. The lowest BCUT2D eigenvalue weighted by atomic mass is 9.61. The Bertz CT molecular complexity index is 425. The zero-order valence-corrected chi connectivity index (χ0v) is 14.7. The maximum Gasteiger partial charge on any atom is 0.0406 e. The molecule has 118 valence electrons. The third kappa shape index (κ3) is 4.23. The Hall–Kier alpha value is -0.530. The molecule has 1 N–H and O–H groups in total. The lowest BCUT2D eigenvalue weighted by Crippen LogP contribution is -2.45. The Morgan fingerprint density at radius 1 is 1.10 bits per heavy atom. The van der Waals surface area contributed by atoms with Crippen LogP contribution in [0.3, 0.4) is 0 Å². The first kappa shape index (κ1) is 16.8. The minimum atomic E-state index is 0.432. The molecule has 1 unspecified atom stereocenters. The molecule has 1 heterocycles. The van der Waals surface area contributed by atoms with E-state index in [-0.39, 0.29) is 0 Å². The molecule has 1 aromatic carbocycles. The average molecular weight is 308 g/mol. The van der Waals surface area contributed by atoms with E-state index in [4.69, 9.17) is 11.6 Å². The molecule has 2 heteroatoms. The van der Waals surface area contributed by atoms with Crippen molar-refractivity contribution in [3.63, 3.8) is 0 Å². The van der Waals surface area contributed by atoms with Crippen molar-refractivity contribution < 1.29 is 0 Å². The minimum absolute atomic E-state index is 0.432. The van der Waals surface area contributed by atoms with Crippen molar-refractivity contribution in [1.29, 1.82) is 0 Å². The van der Waals surface area contributed by atoms with E-state index in [0.717, 1.165) is 29.9 Å². The molecule has 1 saturated heterocycles. The number of halogens is 1. The number of hydrogen-bond donors (Lipinski definition) is 1. The van der Waals surface area contributed by atoms with Crippen LogP contribution >= 0.6 is 11.6 Å². The Morgan fingerprint density at radius 3 is 2.19 bits per heavy atom. The second-order valence-corrected chi connectivity index (χ2v) is 8.05. The van der Waals surface area contributed by atoms with Crippen molar-refractivity contribution in [3.8, 4) is 0 Å². The van der Waals surface area contributed by atoms with Crippen LogP contribution in [0.25, 0.3) is 0 Å². The van der Waals surface area contributed by atoms with Gasteiger partial charge < -0.3 is 5.32 Å². The van der Waals surface area contributed by atoms with Gasteiger partial charge in [-0.2, -0.15) is 0 Å². The highest BCUT2D eigenvalue weighted by Gasteiger charge is 2.41. The van der Waals surface area contributed by atoms with Crippen molar-refractivity contribution in [2.75, 3.05) is 13.1 Å². The van der Waals surface area contributed by atoms with Crippen LogP contribution in [0.5, 0.6) is 0 Å². The topological polar surface area (TPSA) is 12.0 Å². The summed E-state index contributed by atoms with van der Waals surface area (Å²) in [5.41, 5.74) is 1.88. The Kier molecular flexibility index (Phi) is 5.73. The summed E-state index contributed by atoms with van der Waals surface area (Å²) >= 11 is 6.07. The molecule has 1 aliphatic rings. The van der Waals surface area contributed by atoms with Gasteiger partial charge in [0.2, 0.25) is 0 Å². The fourth-order valence-corrected chi connectivity index (χ4v) is 4.47. The van der Waals surface area contributed by atoms with E-state index < -0.39 is 0 Å². The van der Waals surface area contributed by atoms with E-state index in [1.54, 1.807) is 0 Å². The van der Waals surface area contributed by atoms with Crippen LogP contribution in [0.4, 0.5) is 0 Å². The molecule has 0 amide bonds. The molecule has 0 saturated carbocycles.